The molecule has 1 unspecified atom stereocenters. The molecular weight excluding hydrogens is 409 g/mol. The lowest BCUT2D eigenvalue weighted by Gasteiger charge is -2.33. The van der Waals surface area contributed by atoms with Gasteiger partial charge >= 0.3 is 0 Å². The van der Waals surface area contributed by atoms with E-state index in [4.69, 9.17) is 16.3 Å². The fourth-order valence-electron chi connectivity index (χ4n) is 2.90. The summed E-state index contributed by atoms with van der Waals surface area (Å²) in [5.74, 6) is -1.01. The summed E-state index contributed by atoms with van der Waals surface area (Å²) in [6.07, 6.45) is 4.00. The largest absolute Gasteiger partial charge is 0.357 e. The van der Waals surface area contributed by atoms with E-state index in [9.17, 15) is 17.6 Å². The number of rotatable bonds is 5. The summed E-state index contributed by atoms with van der Waals surface area (Å²) in [5.41, 5.74) is 0.500. The third kappa shape index (κ3) is 4.78. The first kappa shape index (κ1) is 20.5. The Morgan fingerprint density at radius 3 is 2.75 bits per heavy atom. The van der Waals surface area contributed by atoms with Crippen molar-refractivity contribution in [2.45, 2.75) is 25.5 Å². The average molecular weight is 428 g/mol. The van der Waals surface area contributed by atoms with Crippen LogP contribution in [0.5, 0.6) is 0 Å². The lowest BCUT2D eigenvalue weighted by molar-refractivity contribution is 0.0239. The topological polar surface area (TPSA) is 88.6 Å². The Morgan fingerprint density at radius 2 is 2.11 bits per heavy atom. The van der Waals surface area contributed by atoms with E-state index in [1.54, 1.807) is 0 Å². The normalized spacial score (nSPS) is 17.2. The zero-order valence-electron chi connectivity index (χ0n) is 15.1. The Morgan fingerprint density at radius 1 is 1.32 bits per heavy atom. The van der Waals surface area contributed by atoms with Gasteiger partial charge in [0, 0.05) is 24.1 Å². The van der Waals surface area contributed by atoms with E-state index in [1.807, 2.05) is 0 Å². The second kappa shape index (κ2) is 8.42. The molecule has 1 amide bonds. The zero-order chi connectivity index (χ0) is 20.3. The highest BCUT2D eigenvalue weighted by atomic mass is 35.5. The molecule has 10 heteroatoms. The molecular formula is C18H19ClFN3O4S. The number of amides is 1. The molecule has 1 atom stereocenters. The molecule has 2 aromatic rings. The number of aromatic nitrogens is 1. The average Bonchev–Trinajstić information content (AvgIpc) is 2.65. The quantitative estimate of drug-likeness (QED) is 0.789. The number of hydrogen-bond donors (Lipinski definition) is 1. The van der Waals surface area contributed by atoms with Gasteiger partial charge in [0.05, 0.1) is 11.3 Å². The van der Waals surface area contributed by atoms with Crippen LogP contribution in [0.25, 0.3) is 0 Å². The summed E-state index contributed by atoms with van der Waals surface area (Å²) in [7, 11) is -3.67. The van der Waals surface area contributed by atoms with Gasteiger partial charge in [-0.3, -0.25) is 4.79 Å². The molecule has 1 aromatic heterocycles. The van der Waals surface area contributed by atoms with E-state index in [1.165, 1.54) is 30.5 Å². The van der Waals surface area contributed by atoms with Crippen molar-refractivity contribution >= 4 is 39.0 Å². The first-order chi connectivity index (χ1) is 13.3. The molecule has 0 bridgehead atoms. The van der Waals surface area contributed by atoms with Crippen LogP contribution in [0.15, 0.2) is 36.5 Å². The predicted octanol–water partition coefficient (Wildman–Crippen LogP) is 3.42. The van der Waals surface area contributed by atoms with Crippen LogP contribution in [0.3, 0.4) is 0 Å². The smallest absolute Gasteiger partial charge is 0.255 e. The molecule has 1 saturated heterocycles. The molecule has 2 heterocycles. The maximum atomic E-state index is 13.3. The van der Waals surface area contributed by atoms with Crippen molar-refractivity contribution in [1.82, 2.24) is 4.98 Å². The van der Waals surface area contributed by atoms with E-state index in [-0.39, 0.29) is 16.4 Å². The molecule has 1 aromatic carbocycles. The third-order valence-electron chi connectivity index (χ3n) is 4.19. The molecule has 0 spiro atoms. The van der Waals surface area contributed by atoms with Crippen LogP contribution < -0.4 is 9.62 Å². The number of ether oxygens (including phenoxy) is 1. The van der Waals surface area contributed by atoms with Gasteiger partial charge in [-0.2, -0.15) is 0 Å². The van der Waals surface area contributed by atoms with Crippen LogP contribution in [0.2, 0.25) is 5.02 Å². The number of halogens is 2. The van der Waals surface area contributed by atoms with Gasteiger partial charge in [0.15, 0.2) is 0 Å². The molecule has 150 valence electrons. The number of benzene rings is 1. The number of nitrogens with one attached hydrogen (secondary N) is 1. The summed E-state index contributed by atoms with van der Waals surface area (Å²) in [5, 5.41) is 2.47. The highest BCUT2D eigenvalue weighted by molar-refractivity contribution is 7.92. The molecule has 0 saturated carbocycles. The highest BCUT2D eigenvalue weighted by Gasteiger charge is 2.30. The van der Waals surface area contributed by atoms with Crippen molar-refractivity contribution in [3.05, 3.63) is 52.9 Å². The minimum Gasteiger partial charge on any atom is -0.357 e. The van der Waals surface area contributed by atoms with Gasteiger partial charge in [-0.15, -0.1) is 0 Å². The standard InChI is InChI=1S/C18H19ClFN3O4S/c1-28(25,26)23(17-4-2-3-9-27-17)16-10-12(7-8-21-16)18(24)22-13-5-6-15(20)14(19)11-13/h5-8,10-11,17H,2-4,9H2,1H3,(H,22,24). The van der Waals surface area contributed by atoms with E-state index in [0.29, 0.717) is 18.7 Å². The van der Waals surface area contributed by atoms with Gasteiger partial charge in [0.2, 0.25) is 10.0 Å². The van der Waals surface area contributed by atoms with Gasteiger partial charge in [-0.25, -0.2) is 22.1 Å². The first-order valence-electron chi connectivity index (χ1n) is 8.59. The van der Waals surface area contributed by atoms with Gasteiger partial charge in [-0.05, 0) is 49.6 Å². The molecule has 7 nitrogen and oxygen atoms in total. The minimum absolute atomic E-state index is 0.0965. The summed E-state index contributed by atoms with van der Waals surface area (Å²) in [4.78, 5) is 16.6. The fraction of sp³-hybridized carbons (Fsp3) is 0.333. The van der Waals surface area contributed by atoms with Crippen molar-refractivity contribution in [3.63, 3.8) is 0 Å². The third-order valence-corrected chi connectivity index (χ3v) is 5.61. The van der Waals surface area contributed by atoms with E-state index in [0.717, 1.165) is 29.5 Å². The van der Waals surface area contributed by atoms with Crippen LogP contribution in [-0.2, 0) is 14.8 Å². The van der Waals surface area contributed by atoms with E-state index >= 15 is 0 Å². The molecule has 0 aliphatic carbocycles. The first-order valence-corrected chi connectivity index (χ1v) is 10.8. The number of carbonyl (C=O) groups excluding carboxylic acids is 1. The van der Waals surface area contributed by atoms with Crippen molar-refractivity contribution < 1.29 is 22.3 Å². The Hall–Kier alpha value is -2.23. The Bertz CT molecular complexity index is 981. The SMILES string of the molecule is CS(=O)(=O)N(c1cc(C(=O)Nc2ccc(F)c(Cl)c2)ccn1)C1CCCCO1. The van der Waals surface area contributed by atoms with Crippen molar-refractivity contribution in [1.29, 1.82) is 0 Å². The lowest BCUT2D eigenvalue weighted by atomic mass is 10.2. The van der Waals surface area contributed by atoms with E-state index < -0.39 is 28.0 Å². The monoisotopic (exact) mass is 427 g/mol. The van der Waals surface area contributed by atoms with Crippen molar-refractivity contribution in [3.8, 4) is 0 Å². The summed E-state index contributed by atoms with van der Waals surface area (Å²) < 4.78 is 44.6. The van der Waals surface area contributed by atoms with Gasteiger partial charge < -0.3 is 10.1 Å². The number of pyridine rings is 1. The van der Waals surface area contributed by atoms with Crippen LogP contribution in [0.4, 0.5) is 15.9 Å². The predicted molar refractivity (Wildman–Crippen MR) is 105 cm³/mol. The van der Waals surface area contributed by atoms with E-state index in [2.05, 4.69) is 10.3 Å². The second-order valence-corrected chi connectivity index (χ2v) is 8.63. The maximum absolute atomic E-state index is 13.3. The fourth-order valence-corrected chi connectivity index (χ4v) is 4.11. The van der Waals surface area contributed by atoms with Crippen LogP contribution in [-0.4, -0.2) is 38.4 Å². The summed E-state index contributed by atoms with van der Waals surface area (Å²) >= 11 is 5.72. The molecule has 1 N–H and O–H groups in total. The molecule has 0 radical (unpaired) electrons. The van der Waals surface area contributed by atoms with Gasteiger partial charge in [0.1, 0.15) is 17.9 Å². The van der Waals surface area contributed by atoms with Crippen LogP contribution >= 0.6 is 11.6 Å². The number of carbonyl (C=O) groups is 1. The van der Waals surface area contributed by atoms with Crippen molar-refractivity contribution in [2.75, 3.05) is 22.5 Å². The van der Waals surface area contributed by atoms with Gasteiger partial charge in [-0.1, -0.05) is 11.6 Å². The number of anilines is 2. The lowest BCUT2D eigenvalue weighted by Crippen LogP contribution is -2.43. The molecule has 1 aliphatic rings. The molecule has 1 aliphatic heterocycles. The molecule has 1 fully saturated rings. The Balaban J connectivity index is 1.87. The maximum Gasteiger partial charge on any atom is 0.255 e. The zero-order valence-corrected chi connectivity index (χ0v) is 16.6. The molecule has 28 heavy (non-hydrogen) atoms. The number of nitrogens with zero attached hydrogens (tertiary/aromatic N) is 2. The highest BCUT2D eigenvalue weighted by Crippen LogP contribution is 2.26. The van der Waals surface area contributed by atoms with Crippen LogP contribution in [0, 0.1) is 5.82 Å². The summed E-state index contributed by atoms with van der Waals surface area (Å²) in [6.45, 7) is 0.461. The Kier molecular flexibility index (Phi) is 6.17. The summed E-state index contributed by atoms with van der Waals surface area (Å²) in [6, 6.07) is 6.63. The van der Waals surface area contributed by atoms with Gasteiger partial charge in [0.25, 0.3) is 5.91 Å². The van der Waals surface area contributed by atoms with Crippen LogP contribution in [0.1, 0.15) is 29.6 Å². The van der Waals surface area contributed by atoms with Crippen molar-refractivity contribution in [2.24, 2.45) is 0 Å². The second-order valence-electron chi connectivity index (χ2n) is 6.37. The Labute approximate surface area is 167 Å². The number of sulfonamides is 1. The molecule has 3 rings (SSSR count). The number of hydrogen-bond acceptors (Lipinski definition) is 5. The minimum atomic E-state index is -3.67.